The van der Waals surface area contributed by atoms with Crippen LogP contribution in [0.5, 0.6) is 5.75 Å². The van der Waals surface area contributed by atoms with Crippen molar-refractivity contribution in [2.75, 3.05) is 0 Å². The molecule has 0 N–H and O–H groups in total. The summed E-state index contributed by atoms with van der Waals surface area (Å²) in [7, 11) is 0. The van der Waals surface area contributed by atoms with Crippen LogP contribution in [0.4, 0.5) is 22.0 Å². The maximum Gasteiger partial charge on any atom is 0.339 e. The third-order valence-corrected chi connectivity index (χ3v) is 5.26. The standard InChI is InChI=1S/C21H15F5O3/c1-9-14(28-8-13-15(22)17(24)19(26)18(25)16(13)23)7-6-11-10-4-2-3-5-12(10)21(27)29-20(9)11/h6-7H,2-5,8H2,1H3. The minimum Gasteiger partial charge on any atom is -0.488 e. The number of benzene rings is 2. The summed E-state index contributed by atoms with van der Waals surface area (Å²) in [5.41, 5.74) is 0.734. The Morgan fingerprint density at radius 3 is 2.14 bits per heavy atom. The zero-order valence-electron chi connectivity index (χ0n) is 15.3. The lowest BCUT2D eigenvalue weighted by atomic mass is 9.90. The van der Waals surface area contributed by atoms with Gasteiger partial charge in [0.05, 0.1) is 5.56 Å². The van der Waals surface area contributed by atoms with E-state index in [9.17, 15) is 26.7 Å². The monoisotopic (exact) mass is 410 g/mol. The lowest BCUT2D eigenvalue weighted by Gasteiger charge is -2.18. The van der Waals surface area contributed by atoms with E-state index < -0.39 is 46.9 Å². The Balaban J connectivity index is 1.74. The molecule has 2 aromatic carbocycles. The maximum absolute atomic E-state index is 13.8. The molecule has 0 radical (unpaired) electrons. The number of ether oxygens (including phenoxy) is 1. The van der Waals surface area contributed by atoms with Crippen LogP contribution in [0.15, 0.2) is 21.3 Å². The molecule has 0 unspecified atom stereocenters. The normalized spacial score (nSPS) is 13.6. The summed E-state index contributed by atoms with van der Waals surface area (Å²) in [4.78, 5) is 12.3. The molecule has 3 nitrogen and oxygen atoms in total. The van der Waals surface area contributed by atoms with Crippen molar-refractivity contribution in [2.45, 2.75) is 39.2 Å². The molecule has 8 heteroatoms. The molecule has 0 saturated heterocycles. The molecule has 152 valence electrons. The van der Waals surface area contributed by atoms with Gasteiger partial charge in [-0.1, -0.05) is 0 Å². The largest absolute Gasteiger partial charge is 0.488 e. The third-order valence-electron chi connectivity index (χ3n) is 5.26. The van der Waals surface area contributed by atoms with E-state index in [4.69, 9.17) is 9.15 Å². The van der Waals surface area contributed by atoms with Crippen molar-refractivity contribution < 1.29 is 31.1 Å². The molecule has 3 aromatic rings. The SMILES string of the molecule is Cc1c(OCc2c(F)c(F)c(F)c(F)c2F)ccc2c3c(c(=O)oc12)CCCC3. The zero-order valence-corrected chi connectivity index (χ0v) is 15.3. The fourth-order valence-corrected chi connectivity index (χ4v) is 3.71. The number of hydrogen-bond donors (Lipinski definition) is 0. The lowest BCUT2D eigenvalue weighted by molar-refractivity contribution is 0.277. The fourth-order valence-electron chi connectivity index (χ4n) is 3.71. The predicted molar refractivity (Wildman–Crippen MR) is 94.4 cm³/mol. The Morgan fingerprint density at radius 2 is 1.48 bits per heavy atom. The van der Waals surface area contributed by atoms with E-state index in [0.717, 1.165) is 30.2 Å². The second kappa shape index (κ2) is 7.17. The highest BCUT2D eigenvalue weighted by Crippen LogP contribution is 2.33. The third kappa shape index (κ3) is 3.07. The van der Waals surface area contributed by atoms with Crippen LogP contribution in [0.1, 0.15) is 35.1 Å². The minimum atomic E-state index is -2.22. The van der Waals surface area contributed by atoms with Crippen molar-refractivity contribution in [3.05, 3.63) is 73.9 Å². The van der Waals surface area contributed by atoms with Gasteiger partial charge >= 0.3 is 5.63 Å². The highest BCUT2D eigenvalue weighted by atomic mass is 19.2. The molecular weight excluding hydrogens is 395 g/mol. The second-order valence-electron chi connectivity index (χ2n) is 6.96. The van der Waals surface area contributed by atoms with Crippen molar-refractivity contribution >= 4 is 11.0 Å². The fraction of sp³-hybridized carbons (Fsp3) is 0.286. The summed E-state index contributed by atoms with van der Waals surface area (Å²) in [6, 6.07) is 3.20. The first-order chi connectivity index (χ1) is 13.8. The van der Waals surface area contributed by atoms with Crippen LogP contribution in [-0.2, 0) is 19.4 Å². The molecule has 1 aliphatic rings. The summed E-state index contributed by atoms with van der Waals surface area (Å²) in [5.74, 6) is -10.1. The average Bonchev–Trinajstić information content (AvgIpc) is 2.73. The Morgan fingerprint density at radius 1 is 0.897 bits per heavy atom. The Hall–Kier alpha value is -2.90. The molecule has 0 fully saturated rings. The van der Waals surface area contributed by atoms with Gasteiger partial charge in [-0.25, -0.2) is 26.7 Å². The topological polar surface area (TPSA) is 39.4 Å². The molecule has 0 saturated carbocycles. The summed E-state index contributed by atoms with van der Waals surface area (Å²) in [5, 5.41) is 0.750. The van der Waals surface area contributed by atoms with Gasteiger partial charge in [-0.3, -0.25) is 0 Å². The molecule has 0 spiro atoms. The van der Waals surface area contributed by atoms with Crippen molar-refractivity contribution in [1.82, 2.24) is 0 Å². The Kier molecular flexibility index (Phi) is 4.80. The highest BCUT2D eigenvalue weighted by molar-refractivity contribution is 5.86. The van der Waals surface area contributed by atoms with Gasteiger partial charge in [0.15, 0.2) is 23.3 Å². The van der Waals surface area contributed by atoms with Crippen LogP contribution < -0.4 is 10.4 Å². The first kappa shape index (κ1) is 19.4. The van der Waals surface area contributed by atoms with E-state index in [0.29, 0.717) is 17.5 Å². The number of rotatable bonds is 3. The first-order valence-electron chi connectivity index (χ1n) is 9.02. The van der Waals surface area contributed by atoms with Gasteiger partial charge in [0.2, 0.25) is 5.82 Å². The van der Waals surface area contributed by atoms with E-state index in [1.807, 2.05) is 0 Å². The first-order valence-corrected chi connectivity index (χ1v) is 9.02. The highest BCUT2D eigenvalue weighted by Gasteiger charge is 2.26. The lowest BCUT2D eigenvalue weighted by Crippen LogP contribution is -2.16. The van der Waals surface area contributed by atoms with Crippen LogP contribution >= 0.6 is 0 Å². The van der Waals surface area contributed by atoms with Crippen LogP contribution in [-0.4, -0.2) is 0 Å². The number of halogens is 5. The minimum absolute atomic E-state index is 0.111. The molecule has 1 heterocycles. The molecule has 29 heavy (non-hydrogen) atoms. The van der Waals surface area contributed by atoms with Crippen molar-refractivity contribution in [1.29, 1.82) is 0 Å². The van der Waals surface area contributed by atoms with Gasteiger partial charge in [-0.15, -0.1) is 0 Å². The van der Waals surface area contributed by atoms with Gasteiger partial charge in [0.1, 0.15) is 17.9 Å². The molecule has 0 aliphatic heterocycles. The maximum atomic E-state index is 13.8. The van der Waals surface area contributed by atoms with Crippen LogP contribution in [0.3, 0.4) is 0 Å². The van der Waals surface area contributed by atoms with Gasteiger partial charge in [-0.2, -0.15) is 0 Å². The van der Waals surface area contributed by atoms with E-state index in [1.165, 1.54) is 6.07 Å². The van der Waals surface area contributed by atoms with Gasteiger partial charge in [-0.05, 0) is 50.3 Å². The summed E-state index contributed by atoms with van der Waals surface area (Å²) < 4.78 is 78.3. The molecule has 0 atom stereocenters. The number of aryl methyl sites for hydroxylation is 2. The number of fused-ring (bicyclic) bond motifs is 3. The van der Waals surface area contributed by atoms with Crippen LogP contribution in [0.25, 0.3) is 11.0 Å². The molecular formula is C21H15F5O3. The molecule has 0 bridgehead atoms. The Bertz CT molecular complexity index is 1170. The van der Waals surface area contributed by atoms with Gasteiger partial charge < -0.3 is 9.15 Å². The zero-order chi connectivity index (χ0) is 20.9. The van der Waals surface area contributed by atoms with E-state index >= 15 is 0 Å². The molecule has 4 rings (SSSR count). The second-order valence-corrected chi connectivity index (χ2v) is 6.96. The quantitative estimate of drug-likeness (QED) is 0.256. The van der Waals surface area contributed by atoms with Crippen molar-refractivity contribution in [3.63, 3.8) is 0 Å². The molecule has 1 aromatic heterocycles. The van der Waals surface area contributed by atoms with Gasteiger partial charge in [0, 0.05) is 16.5 Å². The smallest absolute Gasteiger partial charge is 0.339 e. The van der Waals surface area contributed by atoms with E-state index in [-0.39, 0.29) is 11.3 Å². The van der Waals surface area contributed by atoms with Crippen LogP contribution in [0.2, 0.25) is 0 Å². The predicted octanol–water partition coefficient (Wildman–Crippen LogP) is 5.25. The Labute approximate surface area is 161 Å². The van der Waals surface area contributed by atoms with E-state index in [2.05, 4.69) is 0 Å². The summed E-state index contributed by atoms with van der Waals surface area (Å²) in [6.45, 7) is 0.710. The van der Waals surface area contributed by atoms with E-state index in [1.54, 1.807) is 13.0 Å². The molecule has 0 amide bonds. The van der Waals surface area contributed by atoms with Crippen molar-refractivity contribution in [2.24, 2.45) is 0 Å². The molecule has 1 aliphatic carbocycles. The number of hydrogen-bond acceptors (Lipinski definition) is 3. The van der Waals surface area contributed by atoms with Crippen LogP contribution in [0, 0.1) is 36.0 Å². The summed E-state index contributed by atoms with van der Waals surface area (Å²) in [6.07, 6.45) is 3.24. The summed E-state index contributed by atoms with van der Waals surface area (Å²) >= 11 is 0. The van der Waals surface area contributed by atoms with Gasteiger partial charge in [0.25, 0.3) is 0 Å². The van der Waals surface area contributed by atoms with Crippen molar-refractivity contribution in [3.8, 4) is 5.75 Å². The average molecular weight is 410 g/mol.